The second kappa shape index (κ2) is 7.15. The number of likely N-dealkylation sites (tertiary alicyclic amines) is 1. The molecule has 1 fully saturated rings. The van der Waals surface area contributed by atoms with Crippen molar-refractivity contribution < 1.29 is 19.4 Å². The van der Waals surface area contributed by atoms with Crippen LogP contribution in [0.5, 0.6) is 5.75 Å². The first-order valence-corrected chi connectivity index (χ1v) is 7.53. The van der Waals surface area contributed by atoms with Crippen LogP contribution in [0.25, 0.3) is 0 Å². The largest absolute Gasteiger partial charge is 0.494 e. The van der Waals surface area contributed by atoms with Gasteiger partial charge in [0.2, 0.25) is 0 Å². The number of nitrogens with one attached hydrogen (secondary N) is 1. The summed E-state index contributed by atoms with van der Waals surface area (Å²) < 4.78 is 5.55. The number of anilines is 1. The number of ether oxygens (including phenoxy) is 1. The number of carbonyl (C=O) groups is 2. The van der Waals surface area contributed by atoms with Crippen molar-refractivity contribution in [1.82, 2.24) is 4.90 Å². The first-order chi connectivity index (χ1) is 10.5. The maximum Gasteiger partial charge on any atom is 0.321 e. The number of carboxylic acid groups (broad SMARTS) is 1. The van der Waals surface area contributed by atoms with Gasteiger partial charge in [-0.3, -0.25) is 4.79 Å². The van der Waals surface area contributed by atoms with Crippen molar-refractivity contribution in [2.75, 3.05) is 25.0 Å². The highest BCUT2D eigenvalue weighted by Crippen LogP contribution is 2.23. The number of hydrogen-bond donors (Lipinski definition) is 2. The van der Waals surface area contributed by atoms with E-state index in [1.54, 1.807) is 4.90 Å². The van der Waals surface area contributed by atoms with Gasteiger partial charge in [0.1, 0.15) is 5.75 Å². The molecule has 1 aliphatic rings. The monoisotopic (exact) mass is 306 g/mol. The smallest absolute Gasteiger partial charge is 0.321 e. The van der Waals surface area contributed by atoms with E-state index in [1.165, 1.54) is 0 Å². The quantitative estimate of drug-likeness (QED) is 0.876. The summed E-state index contributed by atoms with van der Waals surface area (Å²) in [6, 6.07) is 5.26. The molecule has 1 aliphatic heterocycles. The lowest BCUT2D eigenvalue weighted by Crippen LogP contribution is -2.34. The molecule has 2 rings (SSSR count). The molecule has 2 N–H and O–H groups in total. The zero-order chi connectivity index (χ0) is 16.1. The zero-order valence-electron chi connectivity index (χ0n) is 13.0. The lowest BCUT2D eigenvalue weighted by molar-refractivity contribution is -0.141. The highest BCUT2D eigenvalue weighted by Gasteiger charge is 2.30. The summed E-state index contributed by atoms with van der Waals surface area (Å²) in [4.78, 5) is 24.7. The molecule has 2 amide bonds. The van der Waals surface area contributed by atoms with Crippen molar-refractivity contribution in [3.8, 4) is 5.75 Å². The van der Waals surface area contributed by atoms with Gasteiger partial charge >= 0.3 is 12.0 Å². The summed E-state index contributed by atoms with van der Waals surface area (Å²) in [7, 11) is 0. The van der Waals surface area contributed by atoms with Gasteiger partial charge in [0.15, 0.2) is 0 Å². The minimum absolute atomic E-state index is 0.255. The molecule has 0 aliphatic carbocycles. The second-order valence-electron chi connectivity index (χ2n) is 5.53. The Morgan fingerprint density at radius 3 is 2.82 bits per heavy atom. The second-order valence-corrected chi connectivity index (χ2v) is 5.53. The average molecular weight is 306 g/mol. The van der Waals surface area contributed by atoms with E-state index < -0.39 is 11.9 Å². The number of benzene rings is 1. The van der Waals surface area contributed by atoms with E-state index >= 15 is 0 Å². The maximum atomic E-state index is 12.2. The van der Waals surface area contributed by atoms with Crippen molar-refractivity contribution in [2.24, 2.45) is 5.92 Å². The van der Waals surface area contributed by atoms with Crippen LogP contribution in [0.3, 0.4) is 0 Å². The Morgan fingerprint density at radius 1 is 1.45 bits per heavy atom. The predicted molar refractivity (Wildman–Crippen MR) is 83.3 cm³/mol. The van der Waals surface area contributed by atoms with Crippen molar-refractivity contribution in [2.45, 2.75) is 26.7 Å². The first kappa shape index (κ1) is 16.1. The van der Waals surface area contributed by atoms with E-state index in [9.17, 15) is 9.59 Å². The van der Waals surface area contributed by atoms with Crippen LogP contribution in [0.4, 0.5) is 10.5 Å². The normalized spacial score (nSPS) is 17.4. The topological polar surface area (TPSA) is 78.9 Å². The minimum atomic E-state index is -0.844. The molecule has 6 heteroatoms. The zero-order valence-corrected chi connectivity index (χ0v) is 13.0. The molecule has 1 atom stereocenters. The van der Waals surface area contributed by atoms with Crippen molar-refractivity contribution in [1.29, 1.82) is 0 Å². The number of nitrogens with zero attached hydrogens (tertiary/aromatic N) is 1. The number of aryl methyl sites for hydroxylation is 1. The molecule has 1 unspecified atom stereocenters. The number of hydrogen-bond acceptors (Lipinski definition) is 3. The van der Waals surface area contributed by atoms with Crippen LogP contribution in [0.1, 0.15) is 25.3 Å². The van der Waals surface area contributed by atoms with Crippen molar-refractivity contribution >= 4 is 17.7 Å². The molecule has 1 aromatic carbocycles. The summed E-state index contributed by atoms with van der Waals surface area (Å²) in [5.41, 5.74) is 1.63. The van der Waals surface area contributed by atoms with Gasteiger partial charge in [0.05, 0.1) is 12.5 Å². The van der Waals surface area contributed by atoms with Crippen LogP contribution >= 0.6 is 0 Å². The van der Waals surface area contributed by atoms with Crippen LogP contribution in [0.15, 0.2) is 18.2 Å². The third-order valence-corrected chi connectivity index (χ3v) is 3.74. The SMILES string of the molecule is CCCOc1ccc(NC(=O)N2CCC(C(=O)O)C2)c(C)c1. The summed E-state index contributed by atoms with van der Waals surface area (Å²) in [6.45, 7) is 5.34. The van der Waals surface area contributed by atoms with Gasteiger partial charge in [0, 0.05) is 18.8 Å². The molecule has 0 spiro atoms. The molecular weight excluding hydrogens is 284 g/mol. The van der Waals surface area contributed by atoms with Crippen LogP contribution < -0.4 is 10.1 Å². The number of rotatable bonds is 5. The molecular formula is C16H22N2O4. The van der Waals surface area contributed by atoms with Crippen molar-refractivity contribution in [3.05, 3.63) is 23.8 Å². The third kappa shape index (κ3) is 3.90. The Bertz CT molecular complexity index is 559. The molecule has 22 heavy (non-hydrogen) atoms. The van der Waals surface area contributed by atoms with E-state index in [2.05, 4.69) is 5.32 Å². The Hall–Kier alpha value is -2.24. The fraction of sp³-hybridized carbons (Fsp3) is 0.500. The molecule has 120 valence electrons. The van der Waals surface area contributed by atoms with Crippen LogP contribution in [0, 0.1) is 12.8 Å². The maximum absolute atomic E-state index is 12.2. The summed E-state index contributed by atoms with van der Waals surface area (Å²) in [6.07, 6.45) is 1.45. The molecule has 0 radical (unpaired) electrons. The van der Waals surface area contributed by atoms with Crippen LogP contribution in [-0.2, 0) is 4.79 Å². The predicted octanol–water partition coefficient (Wildman–Crippen LogP) is 2.72. The number of urea groups is 1. The molecule has 0 saturated carbocycles. The Labute approximate surface area is 130 Å². The van der Waals surface area contributed by atoms with E-state index in [0.717, 1.165) is 17.7 Å². The van der Waals surface area contributed by atoms with Crippen LogP contribution in [-0.4, -0.2) is 41.7 Å². The Morgan fingerprint density at radius 2 is 2.23 bits per heavy atom. The first-order valence-electron chi connectivity index (χ1n) is 7.53. The van der Waals surface area contributed by atoms with Gasteiger partial charge in [-0.2, -0.15) is 0 Å². The fourth-order valence-corrected chi connectivity index (χ4v) is 2.43. The standard InChI is InChI=1S/C16H22N2O4/c1-3-8-22-13-4-5-14(11(2)9-13)17-16(21)18-7-6-12(10-18)15(19)20/h4-5,9,12H,3,6-8,10H2,1-2H3,(H,17,21)(H,19,20). The van der Waals surface area contributed by atoms with E-state index in [0.29, 0.717) is 25.3 Å². The third-order valence-electron chi connectivity index (χ3n) is 3.74. The highest BCUT2D eigenvalue weighted by atomic mass is 16.5. The van der Waals surface area contributed by atoms with E-state index in [4.69, 9.17) is 9.84 Å². The van der Waals surface area contributed by atoms with Gasteiger partial charge in [0.25, 0.3) is 0 Å². The lowest BCUT2D eigenvalue weighted by atomic mass is 10.1. The molecule has 0 bridgehead atoms. The average Bonchev–Trinajstić information content (AvgIpc) is 2.97. The van der Waals surface area contributed by atoms with Crippen LogP contribution in [0.2, 0.25) is 0 Å². The van der Waals surface area contributed by atoms with Gasteiger partial charge < -0.3 is 20.1 Å². The van der Waals surface area contributed by atoms with Gasteiger partial charge in [-0.1, -0.05) is 6.92 Å². The molecule has 1 saturated heterocycles. The summed E-state index contributed by atoms with van der Waals surface area (Å²) in [5.74, 6) is -0.523. The van der Waals surface area contributed by atoms with Gasteiger partial charge in [-0.05, 0) is 43.5 Å². The molecule has 1 aromatic rings. The highest BCUT2D eigenvalue weighted by molar-refractivity contribution is 5.91. The molecule has 6 nitrogen and oxygen atoms in total. The summed E-state index contributed by atoms with van der Waals surface area (Å²) >= 11 is 0. The van der Waals surface area contributed by atoms with Gasteiger partial charge in [-0.25, -0.2) is 4.79 Å². The molecule has 0 aromatic heterocycles. The minimum Gasteiger partial charge on any atom is -0.494 e. The summed E-state index contributed by atoms with van der Waals surface area (Å²) in [5, 5.41) is 11.8. The Kier molecular flexibility index (Phi) is 5.25. The number of aliphatic carboxylic acids is 1. The van der Waals surface area contributed by atoms with Gasteiger partial charge in [-0.15, -0.1) is 0 Å². The molecule has 1 heterocycles. The van der Waals surface area contributed by atoms with E-state index in [1.807, 2.05) is 32.0 Å². The number of carbonyl (C=O) groups excluding carboxylic acids is 1. The number of amides is 2. The van der Waals surface area contributed by atoms with Crippen molar-refractivity contribution in [3.63, 3.8) is 0 Å². The lowest BCUT2D eigenvalue weighted by Gasteiger charge is -2.18. The fourth-order valence-electron chi connectivity index (χ4n) is 2.43. The number of carboxylic acids is 1. The van der Waals surface area contributed by atoms with E-state index in [-0.39, 0.29) is 12.6 Å². The Balaban J connectivity index is 1.96.